The van der Waals surface area contributed by atoms with Crippen molar-refractivity contribution < 1.29 is 10.2 Å². The van der Waals surface area contributed by atoms with Gasteiger partial charge in [-0.25, -0.2) is 0 Å². The van der Waals surface area contributed by atoms with Crippen molar-refractivity contribution in [3.63, 3.8) is 0 Å². The fourth-order valence-electron chi connectivity index (χ4n) is 0.652. The maximum atomic E-state index is 9.01. The molecule has 0 aromatic rings. The normalized spacial score (nSPS) is 15.8. The van der Waals surface area contributed by atoms with Gasteiger partial charge in [0.25, 0.3) is 0 Å². The molecule has 0 amide bonds. The van der Waals surface area contributed by atoms with E-state index in [0.29, 0.717) is 6.42 Å². The topological polar surface area (TPSA) is 40.5 Å². The minimum Gasteiger partial charge on any atom is -0.396 e. The van der Waals surface area contributed by atoms with Crippen molar-refractivity contribution in [2.45, 2.75) is 12.5 Å². The zero-order valence-electron chi connectivity index (χ0n) is 6.03. The predicted molar refractivity (Wildman–Crippen MR) is 41.6 cm³/mol. The highest BCUT2D eigenvalue weighted by Crippen LogP contribution is 2.06. The van der Waals surface area contributed by atoms with E-state index in [1.807, 2.05) is 0 Å². The second-order valence-corrected chi connectivity index (χ2v) is 2.22. The first-order valence-corrected chi connectivity index (χ1v) is 3.28. The molecule has 2 atom stereocenters. The Morgan fingerprint density at radius 1 is 1.30 bits per heavy atom. The summed E-state index contributed by atoms with van der Waals surface area (Å²) in [6, 6.07) is 0. The van der Waals surface area contributed by atoms with Crippen LogP contribution in [-0.4, -0.2) is 22.9 Å². The molecule has 0 bridgehead atoms. The van der Waals surface area contributed by atoms with Crippen LogP contribution in [0.4, 0.5) is 0 Å². The summed E-state index contributed by atoms with van der Waals surface area (Å²) in [5, 5.41) is 17.7. The van der Waals surface area contributed by atoms with E-state index in [1.54, 1.807) is 6.08 Å². The fraction of sp³-hybridized carbons (Fsp3) is 0.500. The van der Waals surface area contributed by atoms with E-state index in [1.165, 1.54) is 6.08 Å². The Balaban J connectivity index is 3.61. The van der Waals surface area contributed by atoms with Gasteiger partial charge in [-0.1, -0.05) is 12.2 Å². The summed E-state index contributed by atoms with van der Waals surface area (Å²) >= 11 is 0. The van der Waals surface area contributed by atoms with Crippen LogP contribution in [0.1, 0.15) is 6.42 Å². The third-order valence-electron chi connectivity index (χ3n) is 1.38. The van der Waals surface area contributed by atoms with Crippen molar-refractivity contribution in [2.75, 3.05) is 6.61 Å². The van der Waals surface area contributed by atoms with Crippen LogP contribution in [0.25, 0.3) is 0 Å². The van der Waals surface area contributed by atoms with Crippen LogP contribution < -0.4 is 0 Å². The lowest BCUT2D eigenvalue weighted by Crippen LogP contribution is -2.11. The van der Waals surface area contributed by atoms with E-state index in [4.69, 9.17) is 10.2 Å². The van der Waals surface area contributed by atoms with E-state index in [-0.39, 0.29) is 12.5 Å². The van der Waals surface area contributed by atoms with Gasteiger partial charge in [0.05, 0.1) is 6.10 Å². The van der Waals surface area contributed by atoms with Gasteiger partial charge in [-0.3, -0.25) is 0 Å². The monoisotopic (exact) mass is 142 g/mol. The molecule has 0 aliphatic rings. The molecule has 0 fully saturated rings. The van der Waals surface area contributed by atoms with Crippen LogP contribution in [0.2, 0.25) is 0 Å². The number of aliphatic hydroxyl groups is 2. The van der Waals surface area contributed by atoms with E-state index in [2.05, 4.69) is 13.2 Å². The molecular weight excluding hydrogens is 128 g/mol. The Kier molecular flexibility index (Phi) is 4.89. The van der Waals surface area contributed by atoms with Crippen LogP contribution in [0.5, 0.6) is 0 Å². The standard InChI is InChI=1S/C8H14O2/c1-3-7(6-9)5-8(10)4-2/h3-4,7-10H,1-2,5-6H2/t7-,8?/m1/s1. The first kappa shape index (κ1) is 9.40. The van der Waals surface area contributed by atoms with E-state index >= 15 is 0 Å². The summed E-state index contributed by atoms with van der Waals surface area (Å²) in [5.74, 6) is -0.0204. The van der Waals surface area contributed by atoms with Crippen molar-refractivity contribution in [1.82, 2.24) is 0 Å². The molecule has 1 unspecified atom stereocenters. The summed E-state index contributed by atoms with van der Waals surface area (Å²) in [4.78, 5) is 0. The molecular formula is C8H14O2. The molecule has 0 heterocycles. The third-order valence-corrected chi connectivity index (χ3v) is 1.38. The molecule has 0 aliphatic carbocycles. The highest BCUT2D eigenvalue weighted by molar-refractivity contribution is 4.86. The number of hydrogen-bond acceptors (Lipinski definition) is 2. The van der Waals surface area contributed by atoms with E-state index < -0.39 is 6.10 Å². The third kappa shape index (κ3) is 3.43. The van der Waals surface area contributed by atoms with Crippen LogP contribution >= 0.6 is 0 Å². The Morgan fingerprint density at radius 2 is 1.90 bits per heavy atom. The Morgan fingerprint density at radius 3 is 2.20 bits per heavy atom. The molecule has 58 valence electrons. The summed E-state index contributed by atoms with van der Waals surface area (Å²) in [6.45, 7) is 6.97. The highest BCUT2D eigenvalue weighted by Gasteiger charge is 2.06. The molecule has 2 N–H and O–H groups in total. The Bertz CT molecular complexity index is 110. The lowest BCUT2D eigenvalue weighted by atomic mass is 10.0. The molecule has 0 aromatic carbocycles. The average Bonchev–Trinajstić information content (AvgIpc) is 1.99. The Hall–Kier alpha value is -0.600. The maximum Gasteiger partial charge on any atom is 0.0724 e. The van der Waals surface area contributed by atoms with Gasteiger partial charge < -0.3 is 10.2 Å². The molecule has 10 heavy (non-hydrogen) atoms. The first-order chi connectivity index (χ1) is 4.74. The molecule has 0 radical (unpaired) electrons. The smallest absolute Gasteiger partial charge is 0.0724 e. The van der Waals surface area contributed by atoms with Crippen molar-refractivity contribution >= 4 is 0 Å². The molecule has 0 aromatic heterocycles. The van der Waals surface area contributed by atoms with Crippen LogP contribution in [0.15, 0.2) is 25.3 Å². The molecule has 2 nitrogen and oxygen atoms in total. The number of aliphatic hydroxyl groups excluding tert-OH is 2. The van der Waals surface area contributed by atoms with E-state index in [0.717, 1.165) is 0 Å². The lowest BCUT2D eigenvalue weighted by Gasteiger charge is -2.10. The molecule has 0 rings (SSSR count). The molecule has 0 saturated carbocycles. The van der Waals surface area contributed by atoms with Crippen molar-refractivity contribution in [3.05, 3.63) is 25.3 Å². The predicted octanol–water partition coefficient (Wildman–Crippen LogP) is 0.718. The van der Waals surface area contributed by atoms with Gasteiger partial charge in [0.1, 0.15) is 0 Å². The quantitative estimate of drug-likeness (QED) is 0.555. The summed E-state index contributed by atoms with van der Waals surface area (Å²) in [6.07, 6.45) is 3.05. The molecule has 0 saturated heterocycles. The van der Waals surface area contributed by atoms with Gasteiger partial charge in [0.15, 0.2) is 0 Å². The van der Waals surface area contributed by atoms with Gasteiger partial charge in [-0.15, -0.1) is 13.2 Å². The molecule has 0 spiro atoms. The largest absolute Gasteiger partial charge is 0.396 e. The fourth-order valence-corrected chi connectivity index (χ4v) is 0.652. The Labute approximate surface area is 61.5 Å². The van der Waals surface area contributed by atoms with Crippen LogP contribution in [-0.2, 0) is 0 Å². The second-order valence-electron chi connectivity index (χ2n) is 2.22. The summed E-state index contributed by atoms with van der Waals surface area (Å²) < 4.78 is 0. The average molecular weight is 142 g/mol. The zero-order valence-corrected chi connectivity index (χ0v) is 6.03. The molecule has 2 heteroatoms. The summed E-state index contributed by atoms with van der Waals surface area (Å²) in [5.41, 5.74) is 0. The highest BCUT2D eigenvalue weighted by atomic mass is 16.3. The van der Waals surface area contributed by atoms with Gasteiger partial charge in [0.2, 0.25) is 0 Å². The molecule has 0 aliphatic heterocycles. The van der Waals surface area contributed by atoms with Crippen molar-refractivity contribution in [1.29, 1.82) is 0 Å². The van der Waals surface area contributed by atoms with Crippen molar-refractivity contribution in [3.8, 4) is 0 Å². The van der Waals surface area contributed by atoms with Gasteiger partial charge in [-0.05, 0) is 6.42 Å². The van der Waals surface area contributed by atoms with Gasteiger partial charge in [0, 0.05) is 12.5 Å². The summed E-state index contributed by atoms with van der Waals surface area (Å²) in [7, 11) is 0. The minimum atomic E-state index is -0.532. The van der Waals surface area contributed by atoms with Crippen LogP contribution in [0.3, 0.4) is 0 Å². The lowest BCUT2D eigenvalue weighted by molar-refractivity contribution is 0.165. The first-order valence-electron chi connectivity index (χ1n) is 3.28. The van der Waals surface area contributed by atoms with Gasteiger partial charge in [-0.2, -0.15) is 0 Å². The van der Waals surface area contributed by atoms with Crippen molar-refractivity contribution in [2.24, 2.45) is 5.92 Å². The van der Waals surface area contributed by atoms with Crippen LogP contribution in [0, 0.1) is 5.92 Å². The SMILES string of the molecule is C=CC(O)C[C@@H](C=C)CO. The minimum absolute atomic E-state index is 0.0204. The number of rotatable bonds is 5. The zero-order chi connectivity index (χ0) is 7.98. The second kappa shape index (κ2) is 5.21. The van der Waals surface area contributed by atoms with Gasteiger partial charge >= 0.3 is 0 Å². The van der Waals surface area contributed by atoms with E-state index in [9.17, 15) is 0 Å². The maximum absolute atomic E-state index is 9.01. The number of hydrogen-bond donors (Lipinski definition) is 2.